The third-order valence-corrected chi connectivity index (χ3v) is 4.33. The van der Waals surface area contributed by atoms with Gasteiger partial charge in [0.2, 0.25) is 0 Å². The molecule has 2 heterocycles. The fourth-order valence-electron chi connectivity index (χ4n) is 2.35. The topological polar surface area (TPSA) is 53.7 Å². The monoisotopic (exact) mass is 301 g/mol. The molecule has 0 radical (unpaired) electrons. The van der Waals surface area contributed by atoms with Gasteiger partial charge in [-0.2, -0.15) is 0 Å². The predicted octanol–water partition coefficient (Wildman–Crippen LogP) is 2.73. The van der Waals surface area contributed by atoms with Crippen LogP contribution < -0.4 is 0 Å². The fraction of sp³-hybridized carbons (Fsp3) is 0.583. The zero-order valence-corrected chi connectivity index (χ0v) is 11.4. The highest BCUT2D eigenvalue weighted by Crippen LogP contribution is 2.35. The average Bonchev–Trinajstić information content (AvgIpc) is 2.88. The predicted molar refractivity (Wildman–Crippen MR) is 66.7 cm³/mol. The lowest BCUT2D eigenvalue weighted by Gasteiger charge is -2.22. The van der Waals surface area contributed by atoms with E-state index in [-0.39, 0.29) is 0 Å². The van der Waals surface area contributed by atoms with Gasteiger partial charge in [-0.15, -0.1) is 0 Å². The first-order valence-corrected chi connectivity index (χ1v) is 6.54. The summed E-state index contributed by atoms with van der Waals surface area (Å²) in [5.74, 6) is 0.184. The SMILES string of the molecule is CCC1(C(=O)O)CCN(Cc2occc2Br)C1. The van der Waals surface area contributed by atoms with E-state index in [9.17, 15) is 9.90 Å². The van der Waals surface area contributed by atoms with Gasteiger partial charge in [0.1, 0.15) is 5.76 Å². The molecule has 0 bridgehead atoms. The van der Waals surface area contributed by atoms with Crippen molar-refractivity contribution in [2.75, 3.05) is 13.1 Å². The van der Waals surface area contributed by atoms with Crippen LogP contribution in [0.25, 0.3) is 0 Å². The van der Waals surface area contributed by atoms with Gasteiger partial charge in [-0.1, -0.05) is 6.92 Å². The Balaban J connectivity index is 2.03. The second kappa shape index (κ2) is 4.82. The maximum absolute atomic E-state index is 11.3. The van der Waals surface area contributed by atoms with Gasteiger partial charge in [0.15, 0.2) is 0 Å². The first-order valence-electron chi connectivity index (χ1n) is 5.75. The molecule has 0 aromatic carbocycles. The molecule has 4 nitrogen and oxygen atoms in total. The quantitative estimate of drug-likeness (QED) is 0.929. The van der Waals surface area contributed by atoms with Crippen LogP contribution in [0.3, 0.4) is 0 Å². The summed E-state index contributed by atoms with van der Waals surface area (Å²) >= 11 is 3.41. The van der Waals surface area contributed by atoms with Gasteiger partial charge >= 0.3 is 5.97 Å². The average molecular weight is 302 g/mol. The lowest BCUT2D eigenvalue weighted by molar-refractivity contribution is -0.148. The maximum Gasteiger partial charge on any atom is 0.310 e. The molecule has 1 unspecified atom stereocenters. The fourth-order valence-corrected chi connectivity index (χ4v) is 2.68. The Morgan fingerprint density at radius 2 is 2.47 bits per heavy atom. The van der Waals surface area contributed by atoms with Crippen molar-refractivity contribution in [3.63, 3.8) is 0 Å². The van der Waals surface area contributed by atoms with Crippen LogP contribution in [-0.4, -0.2) is 29.1 Å². The van der Waals surface area contributed by atoms with Crippen molar-refractivity contribution >= 4 is 21.9 Å². The normalized spacial score (nSPS) is 25.3. The number of nitrogens with zero attached hydrogens (tertiary/aromatic N) is 1. The molecule has 17 heavy (non-hydrogen) atoms. The molecule has 0 aliphatic carbocycles. The number of furan rings is 1. The molecule has 2 rings (SSSR count). The molecule has 1 aromatic rings. The highest BCUT2D eigenvalue weighted by atomic mass is 79.9. The summed E-state index contributed by atoms with van der Waals surface area (Å²) < 4.78 is 6.30. The number of hydrogen-bond acceptors (Lipinski definition) is 3. The van der Waals surface area contributed by atoms with Crippen molar-refractivity contribution < 1.29 is 14.3 Å². The van der Waals surface area contributed by atoms with Crippen LogP contribution in [0.1, 0.15) is 25.5 Å². The van der Waals surface area contributed by atoms with E-state index in [1.807, 2.05) is 13.0 Å². The van der Waals surface area contributed by atoms with Crippen molar-refractivity contribution in [2.45, 2.75) is 26.3 Å². The first kappa shape index (κ1) is 12.6. The second-order valence-corrected chi connectivity index (χ2v) is 5.45. The van der Waals surface area contributed by atoms with E-state index in [1.54, 1.807) is 6.26 Å². The van der Waals surface area contributed by atoms with Gasteiger partial charge < -0.3 is 9.52 Å². The lowest BCUT2D eigenvalue weighted by atomic mass is 9.84. The Morgan fingerprint density at radius 3 is 2.94 bits per heavy atom. The molecule has 0 spiro atoms. The van der Waals surface area contributed by atoms with Crippen molar-refractivity contribution in [3.8, 4) is 0 Å². The van der Waals surface area contributed by atoms with E-state index < -0.39 is 11.4 Å². The molecule has 1 aliphatic rings. The molecule has 1 fully saturated rings. The van der Waals surface area contributed by atoms with E-state index in [2.05, 4.69) is 20.8 Å². The van der Waals surface area contributed by atoms with Gasteiger partial charge in [-0.25, -0.2) is 0 Å². The van der Waals surface area contributed by atoms with Gasteiger partial charge in [-0.05, 0) is 41.4 Å². The molecule has 1 aliphatic heterocycles. The van der Waals surface area contributed by atoms with Crippen LogP contribution in [0, 0.1) is 5.41 Å². The summed E-state index contributed by atoms with van der Waals surface area (Å²) in [6.07, 6.45) is 3.04. The van der Waals surface area contributed by atoms with E-state index in [0.29, 0.717) is 19.5 Å². The second-order valence-electron chi connectivity index (χ2n) is 4.59. The van der Waals surface area contributed by atoms with E-state index in [1.165, 1.54) is 0 Å². The Bertz CT molecular complexity index is 418. The zero-order chi connectivity index (χ0) is 12.5. The van der Waals surface area contributed by atoms with Crippen LogP contribution in [0.4, 0.5) is 0 Å². The number of carboxylic acid groups (broad SMARTS) is 1. The molecule has 0 amide bonds. The van der Waals surface area contributed by atoms with Crippen molar-refractivity contribution in [2.24, 2.45) is 5.41 Å². The molecular formula is C12H16BrNO3. The smallest absolute Gasteiger partial charge is 0.310 e. The third kappa shape index (κ3) is 2.40. The maximum atomic E-state index is 11.3. The van der Waals surface area contributed by atoms with Crippen LogP contribution >= 0.6 is 15.9 Å². The molecule has 1 N–H and O–H groups in total. The largest absolute Gasteiger partial charge is 0.481 e. The van der Waals surface area contributed by atoms with Gasteiger partial charge in [0.25, 0.3) is 0 Å². The van der Waals surface area contributed by atoms with E-state index in [0.717, 1.165) is 23.2 Å². The van der Waals surface area contributed by atoms with Crippen LogP contribution in [0.15, 0.2) is 21.2 Å². The van der Waals surface area contributed by atoms with E-state index >= 15 is 0 Å². The van der Waals surface area contributed by atoms with Crippen LogP contribution in [-0.2, 0) is 11.3 Å². The number of rotatable bonds is 4. The Morgan fingerprint density at radius 1 is 1.71 bits per heavy atom. The number of aliphatic carboxylic acids is 1. The van der Waals surface area contributed by atoms with Crippen molar-refractivity contribution in [3.05, 3.63) is 22.6 Å². The minimum Gasteiger partial charge on any atom is -0.481 e. The summed E-state index contributed by atoms with van der Waals surface area (Å²) in [6, 6.07) is 1.86. The summed E-state index contributed by atoms with van der Waals surface area (Å²) in [5, 5.41) is 9.30. The Labute approximate surface area is 109 Å². The highest BCUT2D eigenvalue weighted by Gasteiger charge is 2.43. The number of carbonyl (C=O) groups is 1. The van der Waals surface area contributed by atoms with Gasteiger partial charge in [-0.3, -0.25) is 9.69 Å². The number of likely N-dealkylation sites (tertiary alicyclic amines) is 1. The molecule has 5 heteroatoms. The lowest BCUT2D eigenvalue weighted by Crippen LogP contribution is -2.33. The van der Waals surface area contributed by atoms with E-state index in [4.69, 9.17) is 4.42 Å². The van der Waals surface area contributed by atoms with Gasteiger partial charge in [0, 0.05) is 6.54 Å². The Kier molecular flexibility index (Phi) is 3.58. The molecular weight excluding hydrogens is 286 g/mol. The zero-order valence-electron chi connectivity index (χ0n) is 9.78. The van der Waals surface area contributed by atoms with Crippen LogP contribution in [0.2, 0.25) is 0 Å². The van der Waals surface area contributed by atoms with Crippen molar-refractivity contribution in [1.82, 2.24) is 4.90 Å². The molecule has 1 saturated heterocycles. The first-order chi connectivity index (χ1) is 8.07. The minimum absolute atomic E-state index is 0.570. The highest BCUT2D eigenvalue weighted by molar-refractivity contribution is 9.10. The number of carboxylic acids is 1. The third-order valence-electron chi connectivity index (χ3n) is 3.62. The molecule has 1 aromatic heterocycles. The molecule has 94 valence electrons. The summed E-state index contributed by atoms with van der Waals surface area (Å²) in [5.41, 5.74) is -0.570. The number of hydrogen-bond donors (Lipinski definition) is 1. The standard InChI is InChI=1S/C12H16BrNO3/c1-2-12(11(15)16)4-5-14(8-12)7-10-9(13)3-6-17-10/h3,6H,2,4-5,7-8H2,1H3,(H,15,16). The Hall–Kier alpha value is -0.810. The summed E-state index contributed by atoms with van der Waals surface area (Å²) in [7, 11) is 0. The number of halogens is 1. The molecule has 0 saturated carbocycles. The summed E-state index contributed by atoms with van der Waals surface area (Å²) in [4.78, 5) is 13.5. The van der Waals surface area contributed by atoms with Gasteiger partial charge in [0.05, 0.1) is 22.7 Å². The van der Waals surface area contributed by atoms with Crippen molar-refractivity contribution in [1.29, 1.82) is 0 Å². The summed E-state index contributed by atoms with van der Waals surface area (Å²) in [6.45, 7) is 4.03. The van der Waals surface area contributed by atoms with Crippen LogP contribution in [0.5, 0.6) is 0 Å². The molecule has 1 atom stereocenters. The minimum atomic E-state index is -0.680.